The van der Waals surface area contributed by atoms with Crippen molar-refractivity contribution in [2.24, 2.45) is 5.92 Å². The summed E-state index contributed by atoms with van der Waals surface area (Å²) < 4.78 is 0. The summed E-state index contributed by atoms with van der Waals surface area (Å²) >= 11 is 0. The quantitative estimate of drug-likeness (QED) is 0.525. The minimum absolute atomic E-state index is 0.0350. The molecule has 1 fully saturated rings. The van der Waals surface area contributed by atoms with Crippen molar-refractivity contribution in [3.8, 4) is 0 Å². The minimum Gasteiger partial charge on any atom is -0.481 e. The molecule has 12 heavy (non-hydrogen) atoms. The van der Waals surface area contributed by atoms with Crippen molar-refractivity contribution in [3.63, 3.8) is 0 Å². The van der Waals surface area contributed by atoms with E-state index in [0.717, 1.165) is 0 Å². The van der Waals surface area contributed by atoms with Crippen molar-refractivity contribution < 1.29 is 19.8 Å². The summed E-state index contributed by atoms with van der Waals surface area (Å²) in [4.78, 5) is 21.1. The SMILES string of the molecule is C[C@H]1C[C@H](C(=O)O)[C@@H](C(=O)O)N1. The molecule has 5 heteroatoms. The second-order valence-corrected chi connectivity index (χ2v) is 3.06. The smallest absolute Gasteiger partial charge is 0.321 e. The first kappa shape index (κ1) is 8.99. The van der Waals surface area contributed by atoms with E-state index in [1.54, 1.807) is 6.92 Å². The number of hydrogen-bond acceptors (Lipinski definition) is 3. The van der Waals surface area contributed by atoms with Crippen LogP contribution in [0.25, 0.3) is 0 Å². The number of rotatable bonds is 2. The van der Waals surface area contributed by atoms with Crippen LogP contribution in [0, 0.1) is 5.92 Å². The van der Waals surface area contributed by atoms with Gasteiger partial charge in [0.2, 0.25) is 0 Å². The van der Waals surface area contributed by atoms with Crippen molar-refractivity contribution in [1.82, 2.24) is 5.32 Å². The van der Waals surface area contributed by atoms with Gasteiger partial charge >= 0.3 is 11.9 Å². The number of hydrogen-bond donors (Lipinski definition) is 3. The van der Waals surface area contributed by atoms with Crippen molar-refractivity contribution in [2.45, 2.75) is 25.4 Å². The van der Waals surface area contributed by atoms with E-state index in [1.165, 1.54) is 0 Å². The largest absolute Gasteiger partial charge is 0.481 e. The molecule has 0 bridgehead atoms. The number of nitrogens with one attached hydrogen (secondary N) is 1. The van der Waals surface area contributed by atoms with E-state index in [9.17, 15) is 9.59 Å². The molecule has 0 aromatic rings. The van der Waals surface area contributed by atoms with Gasteiger partial charge in [0.25, 0.3) is 0 Å². The predicted octanol–water partition coefficient (Wildman–Crippen LogP) is -0.478. The van der Waals surface area contributed by atoms with Gasteiger partial charge < -0.3 is 15.5 Å². The van der Waals surface area contributed by atoms with Crippen LogP contribution in [-0.2, 0) is 9.59 Å². The Kier molecular flexibility index (Phi) is 2.32. The van der Waals surface area contributed by atoms with Gasteiger partial charge in [-0.15, -0.1) is 0 Å². The molecule has 0 aromatic heterocycles. The number of carbonyl (C=O) groups is 2. The highest BCUT2D eigenvalue weighted by Crippen LogP contribution is 2.20. The van der Waals surface area contributed by atoms with Gasteiger partial charge in [-0.25, -0.2) is 0 Å². The topological polar surface area (TPSA) is 86.6 Å². The van der Waals surface area contributed by atoms with Gasteiger partial charge in [-0.05, 0) is 13.3 Å². The average Bonchev–Trinajstić information content (AvgIpc) is 2.31. The molecule has 1 rings (SSSR count). The third-order valence-electron chi connectivity index (χ3n) is 2.06. The van der Waals surface area contributed by atoms with Crippen molar-refractivity contribution in [2.75, 3.05) is 0 Å². The summed E-state index contributed by atoms with van der Waals surface area (Å²) in [5.74, 6) is -2.93. The highest BCUT2D eigenvalue weighted by atomic mass is 16.4. The molecule has 0 aromatic carbocycles. The lowest BCUT2D eigenvalue weighted by Gasteiger charge is -2.09. The minimum atomic E-state index is -1.09. The van der Waals surface area contributed by atoms with Crippen LogP contribution in [0.5, 0.6) is 0 Å². The lowest BCUT2D eigenvalue weighted by molar-refractivity contribution is -0.149. The zero-order valence-electron chi connectivity index (χ0n) is 6.65. The Morgan fingerprint density at radius 3 is 2.25 bits per heavy atom. The van der Waals surface area contributed by atoms with E-state index in [0.29, 0.717) is 6.42 Å². The normalized spacial score (nSPS) is 34.9. The molecule has 3 N–H and O–H groups in total. The van der Waals surface area contributed by atoms with Crippen LogP contribution in [0.15, 0.2) is 0 Å². The summed E-state index contributed by atoms with van der Waals surface area (Å²) in [6, 6.07) is -0.968. The van der Waals surface area contributed by atoms with Gasteiger partial charge in [0.05, 0.1) is 5.92 Å². The van der Waals surface area contributed by atoms with Crippen molar-refractivity contribution in [3.05, 3.63) is 0 Å². The molecule has 1 aliphatic heterocycles. The van der Waals surface area contributed by atoms with E-state index in [1.807, 2.05) is 0 Å². The average molecular weight is 173 g/mol. The maximum Gasteiger partial charge on any atom is 0.321 e. The number of aliphatic carboxylic acids is 2. The van der Waals surface area contributed by atoms with Gasteiger partial charge in [-0.2, -0.15) is 0 Å². The van der Waals surface area contributed by atoms with Gasteiger partial charge in [0.1, 0.15) is 6.04 Å². The first-order valence-electron chi connectivity index (χ1n) is 3.74. The molecule has 0 amide bonds. The first-order chi connectivity index (χ1) is 5.52. The van der Waals surface area contributed by atoms with Crippen molar-refractivity contribution in [1.29, 1.82) is 0 Å². The Balaban J connectivity index is 2.72. The second-order valence-electron chi connectivity index (χ2n) is 3.06. The zero-order chi connectivity index (χ0) is 9.30. The van der Waals surface area contributed by atoms with E-state index in [2.05, 4.69) is 5.32 Å². The summed E-state index contributed by atoms with van der Waals surface area (Å²) in [6.07, 6.45) is 0.381. The fraction of sp³-hybridized carbons (Fsp3) is 0.714. The number of carboxylic acid groups (broad SMARTS) is 2. The molecule has 1 saturated heterocycles. The van der Waals surface area contributed by atoms with E-state index >= 15 is 0 Å². The van der Waals surface area contributed by atoms with Crippen LogP contribution in [0.3, 0.4) is 0 Å². The summed E-state index contributed by atoms with van der Waals surface area (Å²) in [7, 11) is 0. The van der Waals surface area contributed by atoms with Crippen LogP contribution < -0.4 is 5.32 Å². The van der Waals surface area contributed by atoms with E-state index in [4.69, 9.17) is 10.2 Å². The molecule has 5 nitrogen and oxygen atoms in total. The van der Waals surface area contributed by atoms with Crippen LogP contribution in [0.2, 0.25) is 0 Å². The lowest BCUT2D eigenvalue weighted by atomic mass is 10.00. The molecule has 3 atom stereocenters. The first-order valence-corrected chi connectivity index (χ1v) is 3.74. The summed E-state index contributed by atoms with van der Waals surface area (Å²) in [6.45, 7) is 1.78. The predicted molar refractivity (Wildman–Crippen MR) is 39.8 cm³/mol. The fourth-order valence-electron chi connectivity index (χ4n) is 1.49. The number of carboxylic acids is 2. The molecule has 0 spiro atoms. The third kappa shape index (κ3) is 1.55. The van der Waals surface area contributed by atoms with Gasteiger partial charge in [-0.1, -0.05) is 0 Å². The zero-order valence-corrected chi connectivity index (χ0v) is 6.65. The molecule has 68 valence electrons. The molecular formula is C7H11NO4. The fourth-order valence-corrected chi connectivity index (χ4v) is 1.49. The molecule has 0 saturated carbocycles. The molecule has 0 aliphatic carbocycles. The van der Waals surface area contributed by atoms with Gasteiger partial charge in [-0.3, -0.25) is 9.59 Å². The Hall–Kier alpha value is -1.10. The van der Waals surface area contributed by atoms with Gasteiger partial charge in [0, 0.05) is 6.04 Å². The Bertz CT molecular complexity index is 193. The molecule has 0 unspecified atom stereocenters. The Morgan fingerprint density at radius 2 is 1.92 bits per heavy atom. The monoisotopic (exact) mass is 173 g/mol. The van der Waals surface area contributed by atoms with Crippen LogP contribution >= 0.6 is 0 Å². The lowest BCUT2D eigenvalue weighted by Crippen LogP contribution is -2.39. The molecule has 1 aliphatic rings. The van der Waals surface area contributed by atoms with Crippen LogP contribution in [0.1, 0.15) is 13.3 Å². The maximum absolute atomic E-state index is 10.6. The van der Waals surface area contributed by atoms with Gasteiger partial charge in [0.15, 0.2) is 0 Å². The highest BCUT2D eigenvalue weighted by molar-refractivity contribution is 5.83. The van der Waals surface area contributed by atoms with Crippen LogP contribution in [0.4, 0.5) is 0 Å². The molecular weight excluding hydrogens is 162 g/mol. The Morgan fingerprint density at radius 1 is 1.33 bits per heavy atom. The molecule has 1 heterocycles. The van der Waals surface area contributed by atoms with Crippen molar-refractivity contribution >= 4 is 11.9 Å². The standard InChI is InChI=1S/C7H11NO4/c1-3-2-4(6(9)10)5(8-3)7(11)12/h3-5,8H,2H2,1H3,(H,9,10)(H,11,12)/t3-,4-,5-/m0/s1. The van der Waals surface area contributed by atoms with E-state index in [-0.39, 0.29) is 6.04 Å². The highest BCUT2D eigenvalue weighted by Gasteiger charge is 2.40. The third-order valence-corrected chi connectivity index (χ3v) is 2.06. The van der Waals surface area contributed by atoms with Crippen LogP contribution in [-0.4, -0.2) is 34.2 Å². The summed E-state index contributed by atoms with van der Waals surface area (Å²) in [5.41, 5.74) is 0. The molecule has 0 radical (unpaired) electrons. The summed E-state index contributed by atoms with van der Waals surface area (Å²) in [5, 5.41) is 20.0. The second kappa shape index (κ2) is 3.10. The maximum atomic E-state index is 10.6. The van der Waals surface area contributed by atoms with E-state index < -0.39 is 23.9 Å². The Labute approximate surface area is 69.4 Å².